The van der Waals surface area contributed by atoms with E-state index in [4.69, 9.17) is 52.2 Å². The summed E-state index contributed by atoms with van der Waals surface area (Å²) >= 11 is 0. The van der Waals surface area contributed by atoms with E-state index in [1.54, 1.807) is 0 Å². The molecule has 2 N–H and O–H groups in total. The summed E-state index contributed by atoms with van der Waals surface area (Å²) in [5, 5.41) is 11.4. The van der Waals surface area contributed by atoms with Gasteiger partial charge in [-0.25, -0.2) is 0 Å². The van der Waals surface area contributed by atoms with E-state index in [2.05, 4.69) is 39.2 Å². The Bertz CT molecular complexity index is 710. The molecule has 0 saturated carbocycles. The van der Waals surface area contributed by atoms with Crippen molar-refractivity contribution in [2.75, 3.05) is 132 Å². The lowest BCUT2D eigenvalue weighted by Crippen LogP contribution is -2.41. The number of carbonyl (C=O) groups excluding carboxylic acids is 1. The fraction of sp³-hybridized carbons (Fsp3) is 0.935. The van der Waals surface area contributed by atoms with Crippen LogP contribution in [0.2, 0.25) is 18.1 Å². The van der Waals surface area contributed by atoms with E-state index in [-0.39, 0.29) is 23.8 Å². The van der Waals surface area contributed by atoms with Gasteiger partial charge in [0.15, 0.2) is 8.32 Å². The first-order chi connectivity index (χ1) is 22.1. The van der Waals surface area contributed by atoms with Crippen LogP contribution >= 0.6 is 0 Å². The van der Waals surface area contributed by atoms with Gasteiger partial charge in [0.25, 0.3) is 0 Å². The highest BCUT2D eigenvalue weighted by Crippen LogP contribution is 2.36. The van der Waals surface area contributed by atoms with Crippen molar-refractivity contribution in [3.05, 3.63) is 0 Å². The molecule has 0 aromatic carbocycles. The third-order valence-electron chi connectivity index (χ3n) is 6.83. The molecule has 0 radical (unpaired) electrons. The van der Waals surface area contributed by atoms with Crippen LogP contribution in [0.15, 0.2) is 0 Å². The van der Waals surface area contributed by atoms with Crippen molar-refractivity contribution < 1.29 is 61.8 Å². The van der Waals surface area contributed by atoms with Gasteiger partial charge in [0.1, 0.15) is 0 Å². The third-order valence-corrected chi connectivity index (χ3v) is 11.4. The van der Waals surface area contributed by atoms with Crippen molar-refractivity contribution in [3.8, 4) is 0 Å². The van der Waals surface area contributed by atoms with Gasteiger partial charge in [-0.05, 0) is 24.6 Å². The fourth-order valence-electron chi connectivity index (χ4n) is 3.14. The molecule has 0 aliphatic heterocycles. The Morgan fingerprint density at radius 3 is 1.13 bits per heavy atom. The molecule has 0 fully saturated rings. The lowest BCUT2D eigenvalue weighted by molar-refractivity contribution is -0.138. The topological polar surface area (TPSA) is 159 Å². The first-order valence-electron chi connectivity index (χ1n) is 16.4. The number of carbonyl (C=O) groups is 2. The lowest BCUT2D eigenvalue weighted by atomic mass is 10.2. The highest BCUT2D eigenvalue weighted by Gasteiger charge is 2.36. The second-order valence-corrected chi connectivity index (χ2v) is 16.5. The molecule has 0 unspecified atom stereocenters. The molecule has 1 amide bonds. The predicted molar refractivity (Wildman–Crippen MR) is 175 cm³/mol. The van der Waals surface area contributed by atoms with Crippen LogP contribution in [0.3, 0.4) is 0 Å². The molecule has 15 heteroatoms. The Morgan fingerprint density at radius 2 is 0.826 bits per heavy atom. The third kappa shape index (κ3) is 31.4. The molecule has 274 valence electrons. The van der Waals surface area contributed by atoms with Gasteiger partial charge in [-0.1, -0.05) is 20.8 Å². The van der Waals surface area contributed by atoms with Crippen molar-refractivity contribution in [3.63, 3.8) is 0 Å². The Kier molecular flexibility index (Phi) is 30.2. The molecule has 46 heavy (non-hydrogen) atoms. The fourth-order valence-corrected chi connectivity index (χ4v) is 4.17. The maximum absolute atomic E-state index is 11.4. The zero-order valence-electron chi connectivity index (χ0n) is 29.1. The summed E-state index contributed by atoms with van der Waals surface area (Å²) in [4.78, 5) is 21.8. The number of carboxylic acid groups (broad SMARTS) is 1. The Morgan fingerprint density at radius 1 is 0.522 bits per heavy atom. The van der Waals surface area contributed by atoms with Crippen molar-refractivity contribution in [2.24, 2.45) is 0 Å². The zero-order chi connectivity index (χ0) is 34.2. The SMILES string of the molecule is CC(C)(C)[Si](C)(C)OCCOCCOCCOCCOCCOCCOCCOCCOCCOCCCNC(=O)CCC(=O)O. The van der Waals surface area contributed by atoms with E-state index in [0.717, 1.165) is 0 Å². The first kappa shape index (κ1) is 44.8. The van der Waals surface area contributed by atoms with Gasteiger partial charge in [-0.2, -0.15) is 0 Å². The largest absolute Gasteiger partial charge is 0.481 e. The van der Waals surface area contributed by atoms with Crippen LogP contribution in [0.4, 0.5) is 0 Å². The number of aliphatic carboxylic acids is 1. The van der Waals surface area contributed by atoms with Gasteiger partial charge in [0.05, 0.1) is 125 Å². The molecule has 0 atom stereocenters. The summed E-state index contributed by atoms with van der Waals surface area (Å²) in [6, 6.07) is 0. The number of nitrogens with one attached hydrogen (secondary N) is 1. The van der Waals surface area contributed by atoms with E-state index < -0.39 is 14.3 Å². The second kappa shape index (κ2) is 31.1. The zero-order valence-corrected chi connectivity index (χ0v) is 30.1. The summed E-state index contributed by atoms with van der Waals surface area (Å²) in [5.41, 5.74) is 0. The van der Waals surface area contributed by atoms with Crippen LogP contribution in [0.1, 0.15) is 40.0 Å². The molecule has 0 aromatic rings. The summed E-state index contributed by atoms with van der Waals surface area (Å²) in [7, 11) is -1.70. The number of rotatable bonds is 35. The molecule has 0 aromatic heterocycles. The molecule has 0 bridgehead atoms. The molecule has 0 rings (SSSR count). The smallest absolute Gasteiger partial charge is 0.303 e. The van der Waals surface area contributed by atoms with Gasteiger partial charge in [-0.15, -0.1) is 0 Å². The van der Waals surface area contributed by atoms with Crippen molar-refractivity contribution in [2.45, 2.75) is 58.2 Å². The van der Waals surface area contributed by atoms with Crippen molar-refractivity contribution >= 4 is 20.2 Å². The minimum absolute atomic E-state index is 0.00812. The number of carboxylic acids is 1. The van der Waals surface area contributed by atoms with Crippen LogP contribution < -0.4 is 5.32 Å². The number of hydrogen-bond acceptors (Lipinski definition) is 12. The lowest BCUT2D eigenvalue weighted by Gasteiger charge is -2.36. The van der Waals surface area contributed by atoms with E-state index in [1.807, 2.05) is 0 Å². The summed E-state index contributed by atoms with van der Waals surface area (Å²) in [6.45, 7) is 21.2. The molecule has 0 aliphatic carbocycles. The molecular formula is C31H63NO13Si. The Balaban J connectivity index is 3.16. The predicted octanol–water partition coefficient (Wildman–Crippen LogP) is 2.53. The van der Waals surface area contributed by atoms with E-state index in [1.165, 1.54) is 0 Å². The van der Waals surface area contributed by atoms with Crippen LogP contribution in [-0.4, -0.2) is 157 Å². The Labute approximate surface area is 277 Å². The molecule has 0 heterocycles. The quantitative estimate of drug-likeness (QED) is 0.0741. The highest BCUT2D eigenvalue weighted by molar-refractivity contribution is 6.74. The van der Waals surface area contributed by atoms with Crippen LogP contribution in [0.25, 0.3) is 0 Å². The monoisotopic (exact) mass is 685 g/mol. The second-order valence-electron chi connectivity index (χ2n) is 11.7. The van der Waals surface area contributed by atoms with E-state index >= 15 is 0 Å². The average molecular weight is 686 g/mol. The van der Waals surface area contributed by atoms with Gasteiger partial charge in [-0.3, -0.25) is 9.59 Å². The number of hydrogen-bond donors (Lipinski definition) is 2. The first-order valence-corrected chi connectivity index (χ1v) is 19.3. The van der Waals surface area contributed by atoms with Gasteiger partial charge in [0.2, 0.25) is 5.91 Å². The normalized spacial score (nSPS) is 12.1. The van der Waals surface area contributed by atoms with Crippen molar-refractivity contribution in [1.82, 2.24) is 5.32 Å². The maximum atomic E-state index is 11.4. The number of amides is 1. The van der Waals surface area contributed by atoms with Crippen LogP contribution in [-0.2, 0) is 56.6 Å². The minimum atomic E-state index is -1.70. The summed E-state index contributed by atoms with van der Waals surface area (Å²) in [6.07, 6.45) is 0.484. The average Bonchev–Trinajstić information content (AvgIpc) is 3.00. The number of ether oxygens (including phenoxy) is 9. The summed E-state index contributed by atoms with van der Waals surface area (Å²) < 4.78 is 55.4. The highest BCUT2D eigenvalue weighted by atomic mass is 28.4. The Hall–Kier alpha value is -1.24. The molecule has 0 saturated heterocycles. The van der Waals surface area contributed by atoms with Crippen LogP contribution in [0, 0.1) is 0 Å². The molecule has 14 nitrogen and oxygen atoms in total. The molecular weight excluding hydrogens is 622 g/mol. The van der Waals surface area contributed by atoms with E-state index in [9.17, 15) is 9.59 Å². The van der Waals surface area contributed by atoms with E-state index in [0.29, 0.717) is 138 Å². The minimum Gasteiger partial charge on any atom is -0.481 e. The standard InChI is InChI=1S/C31H63NO13Si/c1-31(2,3)46(4,5)45-28-27-44-26-25-43-24-23-42-22-21-41-20-19-40-18-17-39-16-15-38-14-13-37-12-11-36-10-6-9-32-29(33)7-8-30(34)35/h6-28H2,1-5H3,(H,32,33)(H,34,35). The van der Waals surface area contributed by atoms with Gasteiger partial charge >= 0.3 is 5.97 Å². The van der Waals surface area contributed by atoms with Gasteiger partial charge in [0, 0.05) is 19.6 Å². The molecule has 0 aliphatic rings. The maximum Gasteiger partial charge on any atom is 0.303 e. The van der Waals surface area contributed by atoms with Gasteiger partial charge < -0.3 is 57.5 Å². The van der Waals surface area contributed by atoms with Crippen LogP contribution in [0.5, 0.6) is 0 Å². The molecule has 0 spiro atoms. The summed E-state index contributed by atoms with van der Waals surface area (Å²) in [5.74, 6) is -1.25. The van der Waals surface area contributed by atoms with Crippen molar-refractivity contribution in [1.29, 1.82) is 0 Å².